The summed E-state index contributed by atoms with van der Waals surface area (Å²) in [6, 6.07) is 0. The Balaban J connectivity index is 2.77. The van der Waals surface area contributed by atoms with Crippen molar-refractivity contribution >= 4 is 11.9 Å². The Kier molecular flexibility index (Phi) is 2.76. The van der Waals surface area contributed by atoms with E-state index in [1.54, 1.807) is 20.9 Å². The highest BCUT2D eigenvalue weighted by atomic mass is 32.2. The van der Waals surface area contributed by atoms with Crippen LogP contribution in [0.2, 0.25) is 0 Å². The van der Waals surface area contributed by atoms with Crippen LogP contribution in [0.1, 0.15) is 19.5 Å². The van der Waals surface area contributed by atoms with Crippen LogP contribution in [-0.2, 0) is 5.60 Å². The summed E-state index contributed by atoms with van der Waals surface area (Å²) in [5, 5.41) is 10.0. The van der Waals surface area contributed by atoms with Crippen molar-refractivity contribution in [2.24, 2.45) is 0 Å². The lowest BCUT2D eigenvalue weighted by Crippen LogP contribution is -2.15. The molecule has 0 saturated heterocycles. The Bertz CT molecular complexity index is 254. The lowest BCUT2D eigenvalue weighted by Gasteiger charge is -2.11. The summed E-state index contributed by atoms with van der Waals surface area (Å²) in [5.74, 6) is 0. The number of hydrogen-bond acceptors (Lipinski definition) is 5. The number of aromatic nitrogens is 1. The molecule has 1 heterocycles. The highest BCUT2D eigenvalue weighted by Crippen LogP contribution is 2.21. The van der Waals surface area contributed by atoms with Gasteiger partial charge in [-0.2, -0.15) is 0 Å². The van der Waals surface area contributed by atoms with Crippen LogP contribution in [0.5, 0.6) is 0 Å². The van der Waals surface area contributed by atoms with Crippen LogP contribution >= 0.6 is 11.9 Å². The molecule has 68 valence electrons. The van der Waals surface area contributed by atoms with Gasteiger partial charge in [0, 0.05) is 11.9 Å². The fraction of sp³-hybridized carbons (Fsp3) is 0.571. The van der Waals surface area contributed by atoms with Gasteiger partial charge in [-0.1, -0.05) is 0 Å². The number of nitrogens with zero attached hydrogens (tertiary/aromatic N) is 1. The van der Waals surface area contributed by atoms with E-state index in [2.05, 4.69) is 9.71 Å². The summed E-state index contributed by atoms with van der Waals surface area (Å²) in [7, 11) is 1.78. The summed E-state index contributed by atoms with van der Waals surface area (Å²) in [6.07, 6.45) is 1.46. The van der Waals surface area contributed by atoms with Crippen molar-refractivity contribution in [2.75, 3.05) is 7.05 Å². The summed E-state index contributed by atoms with van der Waals surface area (Å²) < 4.78 is 7.89. The van der Waals surface area contributed by atoms with Gasteiger partial charge >= 0.3 is 0 Å². The van der Waals surface area contributed by atoms with E-state index in [1.807, 2.05) is 0 Å². The quantitative estimate of drug-likeness (QED) is 0.696. The molecular weight excluding hydrogens is 176 g/mol. The van der Waals surface area contributed by atoms with Gasteiger partial charge in [0.2, 0.25) is 0 Å². The molecule has 0 aromatic carbocycles. The predicted octanol–water partition coefficient (Wildman–Crippen LogP) is 1.13. The molecule has 12 heavy (non-hydrogen) atoms. The molecular formula is C7H12N2O2S. The van der Waals surface area contributed by atoms with Crippen LogP contribution in [0.15, 0.2) is 15.9 Å². The zero-order valence-electron chi connectivity index (χ0n) is 7.29. The van der Waals surface area contributed by atoms with E-state index in [4.69, 9.17) is 4.42 Å². The molecule has 0 radical (unpaired) electrons. The molecule has 0 atom stereocenters. The lowest BCUT2D eigenvalue weighted by molar-refractivity contribution is 0.0736. The smallest absolute Gasteiger partial charge is 0.271 e. The van der Waals surface area contributed by atoms with Crippen LogP contribution in [-0.4, -0.2) is 17.1 Å². The van der Waals surface area contributed by atoms with E-state index in [9.17, 15) is 5.11 Å². The zero-order chi connectivity index (χ0) is 9.19. The molecule has 2 N–H and O–H groups in total. The minimum atomic E-state index is -0.934. The van der Waals surface area contributed by atoms with Gasteiger partial charge in [0.1, 0.15) is 17.6 Å². The normalized spacial score (nSPS) is 12.0. The minimum absolute atomic E-state index is 0.509. The highest BCUT2D eigenvalue weighted by Gasteiger charge is 2.20. The van der Waals surface area contributed by atoms with E-state index in [-0.39, 0.29) is 0 Å². The molecule has 0 bridgehead atoms. The summed E-state index contributed by atoms with van der Waals surface area (Å²) >= 11 is 1.27. The number of rotatable bonds is 3. The Labute approximate surface area is 75.5 Å². The maximum atomic E-state index is 9.52. The molecule has 1 aromatic heterocycles. The number of oxazole rings is 1. The molecule has 0 unspecified atom stereocenters. The maximum absolute atomic E-state index is 9.52. The summed E-state index contributed by atoms with van der Waals surface area (Å²) in [4.78, 5) is 4.06. The second-order valence-corrected chi connectivity index (χ2v) is 3.83. The van der Waals surface area contributed by atoms with Crippen molar-refractivity contribution in [1.82, 2.24) is 9.71 Å². The first kappa shape index (κ1) is 9.57. The third kappa shape index (κ3) is 2.23. The first-order valence-corrected chi connectivity index (χ1v) is 4.37. The first-order chi connectivity index (χ1) is 5.54. The van der Waals surface area contributed by atoms with Gasteiger partial charge in [0.05, 0.1) is 0 Å². The summed E-state index contributed by atoms with van der Waals surface area (Å²) in [5.41, 5.74) is -0.393. The van der Waals surface area contributed by atoms with E-state index < -0.39 is 5.60 Å². The predicted molar refractivity (Wildman–Crippen MR) is 46.7 cm³/mol. The molecule has 4 nitrogen and oxygen atoms in total. The average molecular weight is 188 g/mol. The molecule has 1 aromatic rings. The molecule has 5 heteroatoms. The van der Waals surface area contributed by atoms with E-state index in [1.165, 1.54) is 18.2 Å². The van der Waals surface area contributed by atoms with E-state index >= 15 is 0 Å². The van der Waals surface area contributed by atoms with Crippen molar-refractivity contribution < 1.29 is 9.52 Å². The molecule has 0 spiro atoms. The standard InChI is InChI=1S/C7H12N2O2S/c1-7(2,10)5-4-11-6(9-5)12-8-3/h4,8,10H,1-3H3. The van der Waals surface area contributed by atoms with Crippen LogP contribution < -0.4 is 4.72 Å². The van der Waals surface area contributed by atoms with Crippen molar-refractivity contribution in [1.29, 1.82) is 0 Å². The van der Waals surface area contributed by atoms with Crippen molar-refractivity contribution in [2.45, 2.75) is 24.7 Å². The van der Waals surface area contributed by atoms with E-state index in [0.29, 0.717) is 10.9 Å². The van der Waals surface area contributed by atoms with Crippen LogP contribution in [0.3, 0.4) is 0 Å². The second-order valence-electron chi connectivity index (χ2n) is 2.86. The van der Waals surface area contributed by atoms with Crippen LogP contribution in [0, 0.1) is 0 Å². The highest BCUT2D eigenvalue weighted by molar-refractivity contribution is 7.97. The monoisotopic (exact) mass is 188 g/mol. The Morgan fingerprint density at radius 2 is 2.33 bits per heavy atom. The molecule has 0 fully saturated rings. The van der Waals surface area contributed by atoms with Gasteiger partial charge in [-0.15, -0.1) is 0 Å². The van der Waals surface area contributed by atoms with E-state index in [0.717, 1.165) is 0 Å². The largest absolute Gasteiger partial charge is 0.439 e. The number of hydrogen-bond donors (Lipinski definition) is 2. The molecule has 1 rings (SSSR count). The Hall–Kier alpha value is -0.520. The Morgan fingerprint density at radius 3 is 2.75 bits per heavy atom. The molecule has 0 aliphatic carbocycles. The molecule has 0 aliphatic heterocycles. The topological polar surface area (TPSA) is 58.3 Å². The molecule has 0 saturated carbocycles. The molecule has 0 aliphatic rings. The van der Waals surface area contributed by atoms with Crippen molar-refractivity contribution in [3.8, 4) is 0 Å². The number of nitrogens with one attached hydrogen (secondary N) is 1. The average Bonchev–Trinajstić information content (AvgIpc) is 2.35. The summed E-state index contributed by atoms with van der Waals surface area (Å²) in [6.45, 7) is 3.33. The van der Waals surface area contributed by atoms with Crippen molar-refractivity contribution in [3.05, 3.63) is 12.0 Å². The van der Waals surface area contributed by atoms with Gasteiger partial charge in [-0.25, -0.2) is 4.98 Å². The third-order valence-electron chi connectivity index (χ3n) is 1.30. The van der Waals surface area contributed by atoms with Gasteiger partial charge in [0.15, 0.2) is 0 Å². The Morgan fingerprint density at radius 1 is 1.67 bits per heavy atom. The van der Waals surface area contributed by atoms with Gasteiger partial charge < -0.3 is 9.52 Å². The van der Waals surface area contributed by atoms with Crippen LogP contribution in [0.4, 0.5) is 0 Å². The second kappa shape index (κ2) is 3.47. The van der Waals surface area contributed by atoms with Gasteiger partial charge in [0.25, 0.3) is 5.22 Å². The lowest BCUT2D eigenvalue weighted by atomic mass is 10.1. The molecule has 0 amide bonds. The van der Waals surface area contributed by atoms with Gasteiger partial charge in [-0.05, 0) is 20.9 Å². The fourth-order valence-electron chi connectivity index (χ4n) is 0.672. The zero-order valence-corrected chi connectivity index (χ0v) is 8.10. The van der Waals surface area contributed by atoms with Gasteiger partial charge in [-0.3, -0.25) is 4.72 Å². The van der Waals surface area contributed by atoms with Crippen molar-refractivity contribution in [3.63, 3.8) is 0 Å². The first-order valence-electron chi connectivity index (χ1n) is 3.56. The fourth-order valence-corrected chi connectivity index (χ4v) is 1.09. The minimum Gasteiger partial charge on any atom is -0.439 e. The number of aliphatic hydroxyl groups is 1. The maximum Gasteiger partial charge on any atom is 0.271 e. The third-order valence-corrected chi connectivity index (χ3v) is 1.87. The SMILES string of the molecule is CNSc1nc(C(C)(C)O)co1. The van der Waals surface area contributed by atoms with Crippen LogP contribution in [0.25, 0.3) is 0 Å².